The number of ether oxygens (including phenoxy) is 2. The first kappa shape index (κ1) is 13.1. The molecule has 0 saturated carbocycles. The van der Waals surface area contributed by atoms with E-state index in [1.165, 1.54) is 0 Å². The van der Waals surface area contributed by atoms with Crippen LogP contribution in [0.25, 0.3) is 0 Å². The normalized spacial score (nSPS) is 11.4. The lowest BCUT2D eigenvalue weighted by Gasteiger charge is -2.11. The fourth-order valence-electron chi connectivity index (χ4n) is 1.09. The fourth-order valence-corrected chi connectivity index (χ4v) is 1.09. The van der Waals surface area contributed by atoms with Crippen molar-refractivity contribution in [1.82, 2.24) is 0 Å². The molecule has 0 aliphatic rings. The smallest absolute Gasteiger partial charge is 0.384 e. The lowest BCUT2D eigenvalue weighted by molar-refractivity contribution is -0.140. The highest BCUT2D eigenvalue weighted by atomic mass is 16.5. The Bertz CT molecular complexity index is 402. The van der Waals surface area contributed by atoms with Crippen LogP contribution in [-0.2, 0) is 9.53 Å². The molecular formula is C13H14O4. The second-order valence-corrected chi connectivity index (χ2v) is 3.52. The Kier molecular flexibility index (Phi) is 5.05. The first-order valence-electron chi connectivity index (χ1n) is 5.12. The molecule has 1 aromatic carbocycles. The Hall–Kier alpha value is -1.99. The SMILES string of the molecule is C#CC(=O)OCC(O)COc1ccc(C)cc1. The van der Waals surface area contributed by atoms with Gasteiger partial charge in [-0.15, -0.1) is 6.42 Å². The highest BCUT2D eigenvalue weighted by molar-refractivity contribution is 5.87. The number of aliphatic hydroxyl groups is 1. The zero-order chi connectivity index (χ0) is 12.7. The molecular weight excluding hydrogens is 220 g/mol. The van der Waals surface area contributed by atoms with E-state index in [2.05, 4.69) is 4.74 Å². The van der Waals surface area contributed by atoms with Gasteiger partial charge < -0.3 is 14.6 Å². The maximum atomic E-state index is 10.6. The van der Waals surface area contributed by atoms with E-state index in [4.69, 9.17) is 11.2 Å². The van der Waals surface area contributed by atoms with Crippen molar-refractivity contribution in [2.45, 2.75) is 13.0 Å². The van der Waals surface area contributed by atoms with Crippen molar-refractivity contribution in [3.63, 3.8) is 0 Å². The Morgan fingerprint density at radius 1 is 1.41 bits per heavy atom. The predicted molar refractivity (Wildman–Crippen MR) is 62.5 cm³/mol. The van der Waals surface area contributed by atoms with Gasteiger partial charge in [-0.2, -0.15) is 0 Å². The number of benzene rings is 1. The van der Waals surface area contributed by atoms with Crippen LogP contribution in [0.15, 0.2) is 24.3 Å². The second-order valence-electron chi connectivity index (χ2n) is 3.52. The van der Waals surface area contributed by atoms with Crippen LogP contribution < -0.4 is 4.74 Å². The summed E-state index contributed by atoms with van der Waals surface area (Å²) in [5.74, 6) is 1.65. The molecule has 1 N–H and O–H groups in total. The molecule has 1 rings (SSSR count). The summed E-state index contributed by atoms with van der Waals surface area (Å²) < 4.78 is 9.85. The van der Waals surface area contributed by atoms with E-state index >= 15 is 0 Å². The van der Waals surface area contributed by atoms with E-state index in [-0.39, 0.29) is 13.2 Å². The van der Waals surface area contributed by atoms with Gasteiger partial charge in [0.25, 0.3) is 0 Å². The summed E-state index contributed by atoms with van der Waals surface area (Å²) in [4.78, 5) is 10.6. The molecule has 0 bridgehead atoms. The van der Waals surface area contributed by atoms with Crippen LogP contribution in [0, 0.1) is 19.3 Å². The maximum absolute atomic E-state index is 10.6. The Morgan fingerprint density at radius 2 is 2.06 bits per heavy atom. The predicted octanol–water partition coefficient (Wildman–Crippen LogP) is 0.911. The summed E-state index contributed by atoms with van der Waals surface area (Å²) in [6.07, 6.45) is 3.91. The monoisotopic (exact) mass is 234 g/mol. The van der Waals surface area contributed by atoms with Crippen molar-refractivity contribution in [2.75, 3.05) is 13.2 Å². The Balaban J connectivity index is 2.28. The van der Waals surface area contributed by atoms with Gasteiger partial charge in [-0.25, -0.2) is 4.79 Å². The molecule has 0 heterocycles. The van der Waals surface area contributed by atoms with Gasteiger partial charge in [0.1, 0.15) is 25.1 Å². The largest absolute Gasteiger partial charge is 0.491 e. The summed E-state index contributed by atoms with van der Waals surface area (Å²) in [6.45, 7) is 1.84. The number of carbonyl (C=O) groups excluding carboxylic acids is 1. The van der Waals surface area contributed by atoms with Gasteiger partial charge in [-0.1, -0.05) is 17.7 Å². The van der Waals surface area contributed by atoms with E-state index < -0.39 is 12.1 Å². The van der Waals surface area contributed by atoms with Gasteiger partial charge in [0.15, 0.2) is 0 Å². The Morgan fingerprint density at radius 3 is 2.65 bits per heavy atom. The quantitative estimate of drug-likeness (QED) is 0.467. The Labute approximate surface area is 100 Å². The topological polar surface area (TPSA) is 55.8 Å². The molecule has 17 heavy (non-hydrogen) atoms. The van der Waals surface area contributed by atoms with Crippen molar-refractivity contribution in [3.05, 3.63) is 29.8 Å². The molecule has 0 spiro atoms. The molecule has 1 atom stereocenters. The van der Waals surface area contributed by atoms with Gasteiger partial charge >= 0.3 is 5.97 Å². The maximum Gasteiger partial charge on any atom is 0.384 e. The average Bonchev–Trinajstić information content (AvgIpc) is 2.35. The molecule has 0 amide bonds. The first-order valence-corrected chi connectivity index (χ1v) is 5.12. The van der Waals surface area contributed by atoms with Crippen molar-refractivity contribution >= 4 is 5.97 Å². The van der Waals surface area contributed by atoms with Crippen molar-refractivity contribution < 1.29 is 19.4 Å². The first-order chi connectivity index (χ1) is 8.11. The van der Waals surface area contributed by atoms with Gasteiger partial charge in [-0.3, -0.25) is 0 Å². The molecule has 4 heteroatoms. The standard InChI is InChI=1S/C13H14O4/c1-3-13(15)17-9-11(14)8-16-12-6-4-10(2)5-7-12/h1,4-7,11,14H,8-9H2,2H3. The number of aryl methyl sites for hydroxylation is 1. The van der Waals surface area contributed by atoms with Gasteiger partial charge in [0.2, 0.25) is 0 Å². The molecule has 90 valence electrons. The fraction of sp³-hybridized carbons (Fsp3) is 0.308. The molecule has 1 unspecified atom stereocenters. The highest BCUT2D eigenvalue weighted by Crippen LogP contribution is 2.11. The molecule has 0 aliphatic carbocycles. The summed E-state index contributed by atoms with van der Waals surface area (Å²) >= 11 is 0. The lowest BCUT2D eigenvalue weighted by Crippen LogP contribution is -2.24. The summed E-state index contributed by atoms with van der Waals surface area (Å²) in [5, 5.41) is 9.44. The van der Waals surface area contributed by atoms with Crippen LogP contribution in [-0.4, -0.2) is 30.4 Å². The minimum atomic E-state index is -0.895. The zero-order valence-corrected chi connectivity index (χ0v) is 9.55. The number of carbonyl (C=O) groups is 1. The second kappa shape index (κ2) is 6.56. The minimum absolute atomic E-state index is 0.0426. The van der Waals surface area contributed by atoms with Crippen LogP contribution >= 0.6 is 0 Å². The van der Waals surface area contributed by atoms with Gasteiger partial charge in [0, 0.05) is 5.92 Å². The van der Waals surface area contributed by atoms with Gasteiger partial charge in [0.05, 0.1) is 0 Å². The number of rotatable bonds is 5. The summed E-state index contributed by atoms with van der Waals surface area (Å²) in [7, 11) is 0. The van der Waals surface area contributed by atoms with Crippen molar-refractivity contribution in [1.29, 1.82) is 0 Å². The van der Waals surface area contributed by atoms with Crippen LogP contribution in [0.3, 0.4) is 0 Å². The van der Waals surface area contributed by atoms with Crippen LogP contribution in [0.5, 0.6) is 5.75 Å². The third-order valence-corrected chi connectivity index (χ3v) is 1.99. The molecule has 0 radical (unpaired) electrons. The molecule has 0 saturated heterocycles. The zero-order valence-electron chi connectivity index (χ0n) is 9.55. The van der Waals surface area contributed by atoms with E-state index in [0.29, 0.717) is 5.75 Å². The van der Waals surface area contributed by atoms with Crippen LogP contribution in [0.1, 0.15) is 5.56 Å². The summed E-state index contributed by atoms with van der Waals surface area (Å²) in [5.41, 5.74) is 1.13. The lowest BCUT2D eigenvalue weighted by atomic mass is 10.2. The summed E-state index contributed by atoms with van der Waals surface area (Å²) in [6, 6.07) is 7.41. The number of esters is 1. The van der Waals surface area contributed by atoms with Crippen molar-refractivity contribution in [2.24, 2.45) is 0 Å². The number of hydrogen-bond donors (Lipinski definition) is 1. The third-order valence-electron chi connectivity index (χ3n) is 1.99. The molecule has 1 aromatic rings. The molecule has 4 nitrogen and oxygen atoms in total. The molecule has 0 aliphatic heterocycles. The van der Waals surface area contributed by atoms with Gasteiger partial charge in [-0.05, 0) is 19.1 Å². The number of hydrogen-bond acceptors (Lipinski definition) is 4. The van der Waals surface area contributed by atoms with Crippen LogP contribution in [0.4, 0.5) is 0 Å². The number of terminal acetylenes is 1. The number of aliphatic hydroxyl groups excluding tert-OH is 1. The minimum Gasteiger partial charge on any atom is -0.491 e. The highest BCUT2D eigenvalue weighted by Gasteiger charge is 2.08. The van der Waals surface area contributed by atoms with E-state index in [1.54, 1.807) is 18.1 Å². The molecule has 0 aromatic heterocycles. The average molecular weight is 234 g/mol. The van der Waals surface area contributed by atoms with Crippen LogP contribution in [0.2, 0.25) is 0 Å². The molecule has 0 fully saturated rings. The van der Waals surface area contributed by atoms with E-state index in [0.717, 1.165) is 5.56 Å². The van der Waals surface area contributed by atoms with E-state index in [9.17, 15) is 9.90 Å². The van der Waals surface area contributed by atoms with Crippen molar-refractivity contribution in [3.8, 4) is 18.1 Å². The third kappa shape index (κ3) is 5.05. The van der Waals surface area contributed by atoms with E-state index in [1.807, 2.05) is 19.1 Å².